The van der Waals surface area contributed by atoms with Gasteiger partial charge in [0.2, 0.25) is 5.91 Å². The van der Waals surface area contributed by atoms with E-state index in [1.165, 1.54) is 4.88 Å². The van der Waals surface area contributed by atoms with E-state index in [1.807, 2.05) is 45.0 Å². The fourth-order valence-electron chi connectivity index (χ4n) is 2.78. The molecule has 26 heavy (non-hydrogen) atoms. The standard InChI is InChI=1S/C20H27N3O2S/c1-13-17(23-19(26-13)21-12-16-6-5-11-25-16)14-7-9-15(10-8-14)22-18(24)20(2,3)4/h7-10,16H,5-6,11-12H2,1-4H3,(H,21,23)(H,22,24)/t16-/m0/s1. The van der Waals surface area contributed by atoms with E-state index in [0.717, 1.165) is 48.1 Å². The molecule has 1 aliphatic rings. The summed E-state index contributed by atoms with van der Waals surface area (Å²) in [5.74, 6) is 0.00991. The first-order chi connectivity index (χ1) is 12.3. The number of carbonyl (C=O) groups excluding carboxylic acids is 1. The topological polar surface area (TPSA) is 63.2 Å². The average molecular weight is 374 g/mol. The molecule has 1 aromatic heterocycles. The van der Waals surface area contributed by atoms with Crippen LogP contribution in [0.2, 0.25) is 0 Å². The third-order valence-electron chi connectivity index (χ3n) is 4.40. The van der Waals surface area contributed by atoms with Crippen molar-refractivity contribution in [3.8, 4) is 11.3 Å². The Morgan fingerprint density at radius 3 is 2.65 bits per heavy atom. The molecule has 0 spiro atoms. The average Bonchev–Trinajstić information content (AvgIpc) is 3.22. The van der Waals surface area contributed by atoms with Gasteiger partial charge >= 0.3 is 0 Å². The second-order valence-corrected chi connectivity index (χ2v) is 8.92. The van der Waals surface area contributed by atoms with Crippen molar-refractivity contribution in [2.75, 3.05) is 23.8 Å². The van der Waals surface area contributed by atoms with Crippen LogP contribution in [0.15, 0.2) is 24.3 Å². The number of nitrogens with one attached hydrogen (secondary N) is 2. The Labute approximate surface area is 159 Å². The second kappa shape index (κ2) is 7.76. The van der Waals surface area contributed by atoms with Crippen LogP contribution in [0.5, 0.6) is 0 Å². The molecular weight excluding hydrogens is 346 g/mol. The fourth-order valence-corrected chi connectivity index (χ4v) is 3.62. The molecule has 0 radical (unpaired) electrons. The Bertz CT molecular complexity index is 756. The summed E-state index contributed by atoms with van der Waals surface area (Å²) in [4.78, 5) is 18.0. The van der Waals surface area contributed by atoms with Crippen LogP contribution in [0.1, 0.15) is 38.5 Å². The molecule has 0 unspecified atom stereocenters. The third-order valence-corrected chi connectivity index (χ3v) is 5.33. The highest BCUT2D eigenvalue weighted by molar-refractivity contribution is 7.16. The summed E-state index contributed by atoms with van der Waals surface area (Å²) in [7, 11) is 0. The molecule has 1 amide bonds. The third kappa shape index (κ3) is 4.62. The number of hydrogen-bond acceptors (Lipinski definition) is 5. The largest absolute Gasteiger partial charge is 0.376 e. The lowest BCUT2D eigenvalue weighted by Gasteiger charge is -2.17. The van der Waals surface area contributed by atoms with Gasteiger partial charge in [-0.3, -0.25) is 4.79 Å². The lowest BCUT2D eigenvalue weighted by atomic mass is 9.95. The van der Waals surface area contributed by atoms with Crippen molar-refractivity contribution in [2.24, 2.45) is 5.41 Å². The Morgan fingerprint density at radius 2 is 2.04 bits per heavy atom. The van der Waals surface area contributed by atoms with Crippen LogP contribution in [0.4, 0.5) is 10.8 Å². The van der Waals surface area contributed by atoms with E-state index in [1.54, 1.807) is 11.3 Å². The monoisotopic (exact) mass is 373 g/mol. The van der Waals surface area contributed by atoms with Crippen molar-refractivity contribution in [2.45, 2.75) is 46.6 Å². The van der Waals surface area contributed by atoms with E-state index in [4.69, 9.17) is 9.72 Å². The first-order valence-corrected chi connectivity index (χ1v) is 9.89. The van der Waals surface area contributed by atoms with Crippen LogP contribution in [-0.2, 0) is 9.53 Å². The molecule has 5 nitrogen and oxygen atoms in total. The summed E-state index contributed by atoms with van der Waals surface area (Å²) < 4.78 is 5.64. The van der Waals surface area contributed by atoms with Crippen LogP contribution in [0.3, 0.4) is 0 Å². The van der Waals surface area contributed by atoms with Gasteiger partial charge in [-0.2, -0.15) is 0 Å². The maximum Gasteiger partial charge on any atom is 0.229 e. The highest BCUT2D eigenvalue weighted by atomic mass is 32.1. The Kier molecular flexibility index (Phi) is 5.63. The molecule has 0 aliphatic carbocycles. The first-order valence-electron chi connectivity index (χ1n) is 9.08. The van der Waals surface area contributed by atoms with E-state index in [2.05, 4.69) is 17.6 Å². The smallest absolute Gasteiger partial charge is 0.229 e. The molecule has 1 atom stereocenters. The van der Waals surface area contributed by atoms with Gasteiger partial charge in [-0.1, -0.05) is 32.9 Å². The molecule has 140 valence electrons. The maximum atomic E-state index is 12.1. The van der Waals surface area contributed by atoms with Gasteiger partial charge in [0.25, 0.3) is 0 Å². The summed E-state index contributed by atoms with van der Waals surface area (Å²) in [5.41, 5.74) is 2.43. The zero-order chi connectivity index (χ0) is 18.7. The van der Waals surface area contributed by atoms with Crippen molar-refractivity contribution in [3.63, 3.8) is 0 Å². The number of aromatic nitrogens is 1. The van der Waals surface area contributed by atoms with Crippen LogP contribution in [-0.4, -0.2) is 30.1 Å². The zero-order valence-corrected chi connectivity index (χ0v) is 16.7. The molecule has 2 aromatic rings. The fraction of sp³-hybridized carbons (Fsp3) is 0.500. The molecule has 0 bridgehead atoms. The summed E-state index contributed by atoms with van der Waals surface area (Å²) in [6.45, 7) is 9.47. The maximum absolute atomic E-state index is 12.1. The van der Waals surface area contributed by atoms with Gasteiger partial charge in [-0.25, -0.2) is 4.98 Å². The molecule has 1 fully saturated rings. The van der Waals surface area contributed by atoms with E-state index >= 15 is 0 Å². The number of anilines is 2. The Balaban J connectivity index is 1.66. The highest BCUT2D eigenvalue weighted by Crippen LogP contribution is 2.31. The van der Waals surface area contributed by atoms with Crippen molar-refractivity contribution in [1.29, 1.82) is 0 Å². The van der Waals surface area contributed by atoms with Gasteiger partial charge in [0.05, 0.1) is 11.8 Å². The van der Waals surface area contributed by atoms with E-state index < -0.39 is 5.41 Å². The number of carbonyl (C=O) groups is 1. The van der Waals surface area contributed by atoms with Crippen molar-refractivity contribution < 1.29 is 9.53 Å². The molecule has 2 N–H and O–H groups in total. The van der Waals surface area contributed by atoms with Crippen molar-refractivity contribution in [1.82, 2.24) is 4.98 Å². The molecule has 3 rings (SSSR count). The van der Waals surface area contributed by atoms with Gasteiger partial charge in [0, 0.05) is 34.7 Å². The lowest BCUT2D eigenvalue weighted by molar-refractivity contribution is -0.123. The molecule has 1 aromatic carbocycles. The highest BCUT2D eigenvalue weighted by Gasteiger charge is 2.21. The van der Waals surface area contributed by atoms with Crippen molar-refractivity contribution in [3.05, 3.63) is 29.1 Å². The molecule has 2 heterocycles. The number of thiazole rings is 1. The minimum Gasteiger partial charge on any atom is -0.376 e. The number of aryl methyl sites for hydroxylation is 1. The molecule has 6 heteroatoms. The van der Waals surface area contributed by atoms with Crippen LogP contribution < -0.4 is 10.6 Å². The number of hydrogen-bond donors (Lipinski definition) is 2. The van der Waals surface area contributed by atoms with Crippen LogP contribution >= 0.6 is 11.3 Å². The number of nitrogens with zero attached hydrogens (tertiary/aromatic N) is 1. The molecular formula is C20H27N3O2S. The van der Waals surface area contributed by atoms with E-state index in [9.17, 15) is 4.79 Å². The molecule has 1 aliphatic heterocycles. The van der Waals surface area contributed by atoms with Crippen molar-refractivity contribution >= 4 is 28.1 Å². The SMILES string of the molecule is Cc1sc(NC[C@@H]2CCCO2)nc1-c1ccc(NC(=O)C(C)(C)C)cc1. The first kappa shape index (κ1) is 18.9. The predicted molar refractivity (Wildman–Crippen MR) is 108 cm³/mol. The molecule has 0 saturated carbocycles. The number of benzene rings is 1. The van der Waals surface area contributed by atoms with Crippen LogP contribution in [0.25, 0.3) is 11.3 Å². The summed E-state index contributed by atoms with van der Waals surface area (Å²) in [5, 5.41) is 7.27. The van der Waals surface area contributed by atoms with Crippen LogP contribution in [0, 0.1) is 12.3 Å². The minimum absolute atomic E-state index is 0.00991. The zero-order valence-electron chi connectivity index (χ0n) is 15.9. The van der Waals surface area contributed by atoms with Gasteiger partial charge in [0.15, 0.2) is 5.13 Å². The van der Waals surface area contributed by atoms with E-state index in [0.29, 0.717) is 6.10 Å². The second-order valence-electron chi connectivity index (χ2n) is 7.72. The number of amides is 1. The van der Waals surface area contributed by atoms with E-state index in [-0.39, 0.29) is 5.91 Å². The number of rotatable bonds is 5. The van der Waals surface area contributed by atoms with Gasteiger partial charge in [-0.05, 0) is 31.9 Å². The van der Waals surface area contributed by atoms with Gasteiger partial charge in [0.1, 0.15) is 0 Å². The normalized spacial score (nSPS) is 17.3. The lowest BCUT2D eigenvalue weighted by Crippen LogP contribution is -2.27. The van der Waals surface area contributed by atoms with Gasteiger partial charge < -0.3 is 15.4 Å². The minimum atomic E-state index is -0.409. The Hall–Kier alpha value is -1.92. The summed E-state index contributed by atoms with van der Waals surface area (Å²) >= 11 is 1.66. The molecule has 1 saturated heterocycles. The quantitative estimate of drug-likeness (QED) is 0.798. The van der Waals surface area contributed by atoms with Gasteiger partial charge in [-0.15, -0.1) is 11.3 Å². The number of ether oxygens (including phenoxy) is 1. The Morgan fingerprint density at radius 1 is 1.31 bits per heavy atom. The predicted octanol–water partition coefficient (Wildman–Crippen LogP) is 4.69. The summed E-state index contributed by atoms with van der Waals surface area (Å²) in [6.07, 6.45) is 2.56. The summed E-state index contributed by atoms with van der Waals surface area (Å²) in [6, 6.07) is 7.86.